The molecule has 40 heavy (non-hydrogen) atoms. The Morgan fingerprint density at radius 3 is 2.42 bits per heavy atom. The second kappa shape index (κ2) is 12.6. The first-order valence-corrected chi connectivity index (χ1v) is 13.2. The van der Waals surface area contributed by atoms with Crippen LogP contribution < -0.4 is 17.4 Å². The van der Waals surface area contributed by atoms with Crippen LogP contribution >= 0.6 is 11.6 Å². The topological polar surface area (TPSA) is 173 Å². The first-order chi connectivity index (χ1) is 19.4. The zero-order chi connectivity index (χ0) is 28.8. The summed E-state index contributed by atoms with van der Waals surface area (Å²) in [7, 11) is 0. The van der Waals surface area contributed by atoms with Crippen LogP contribution in [0.5, 0.6) is 0 Å². The summed E-state index contributed by atoms with van der Waals surface area (Å²) in [5.74, 6) is 7.57. The number of nitrogens with two attached hydrogens (primary N) is 3. The molecule has 2 heterocycles. The third-order valence-corrected chi connectivity index (χ3v) is 7.04. The molecule has 0 atom stereocenters. The maximum Gasteiger partial charge on any atom is 0.355 e. The molecule has 0 amide bonds. The average Bonchev–Trinajstić information content (AvgIpc) is 3.53. The van der Waals surface area contributed by atoms with Crippen molar-refractivity contribution < 1.29 is 9.90 Å². The number of halogens is 1. The summed E-state index contributed by atoms with van der Waals surface area (Å²) in [4.78, 5) is 19.5. The number of H-pyrrole nitrogens is 1. The molecule has 0 unspecified atom stereocenters. The van der Waals surface area contributed by atoms with Gasteiger partial charge in [0.05, 0.1) is 0 Å². The predicted molar refractivity (Wildman–Crippen MR) is 160 cm³/mol. The number of rotatable bonds is 9. The molecule has 3 aromatic carbocycles. The highest BCUT2D eigenvalue weighted by Crippen LogP contribution is 2.34. The number of nitrogens with zero attached hydrogens (tertiary/aromatic N) is 2. The predicted octanol–water partition coefficient (Wildman–Crippen LogP) is 5.54. The summed E-state index contributed by atoms with van der Waals surface area (Å²) in [5.41, 5.74) is 12.4. The Balaban J connectivity index is 0.00000181. The molecule has 0 aliphatic carbocycles. The Bertz CT molecular complexity index is 1650. The normalized spacial score (nSPS) is 10.8. The maximum atomic E-state index is 11.9. The number of fused-ring (bicyclic) bond motifs is 1. The van der Waals surface area contributed by atoms with E-state index in [2.05, 4.69) is 40.7 Å². The number of hydrogen-bond acceptors (Lipinski definition) is 5. The van der Waals surface area contributed by atoms with E-state index in [1.165, 1.54) is 0 Å². The molecule has 0 spiro atoms. The number of aromatic carboxylic acids is 1. The van der Waals surface area contributed by atoms with Crippen molar-refractivity contribution in [1.29, 1.82) is 5.41 Å². The van der Waals surface area contributed by atoms with Crippen molar-refractivity contribution in [3.8, 4) is 22.3 Å². The van der Waals surface area contributed by atoms with Gasteiger partial charge in [-0.3, -0.25) is 17.1 Å². The number of hydrazine groups is 1. The van der Waals surface area contributed by atoms with Gasteiger partial charge >= 0.3 is 5.97 Å². The lowest BCUT2D eigenvalue weighted by Gasteiger charge is -2.13. The van der Waals surface area contributed by atoms with E-state index in [4.69, 9.17) is 22.7 Å². The molecule has 0 fully saturated rings. The van der Waals surface area contributed by atoms with E-state index in [9.17, 15) is 9.90 Å². The van der Waals surface area contributed by atoms with E-state index in [0.29, 0.717) is 24.4 Å². The largest absolute Gasteiger partial charge is 0.476 e. The number of unbranched alkanes of at least 4 members (excludes halogenated alkanes) is 1. The second-order valence-electron chi connectivity index (χ2n) is 9.28. The van der Waals surface area contributed by atoms with Gasteiger partial charge in [0, 0.05) is 41.2 Å². The van der Waals surface area contributed by atoms with E-state index in [0.717, 1.165) is 51.6 Å². The number of carboxylic acid groups (broad SMARTS) is 1. The molecule has 206 valence electrons. The zero-order valence-corrected chi connectivity index (χ0v) is 22.9. The van der Waals surface area contributed by atoms with Crippen molar-refractivity contribution in [1.82, 2.24) is 14.5 Å². The zero-order valence-electron chi connectivity index (χ0n) is 22.1. The minimum atomic E-state index is -1.10. The fourth-order valence-corrected chi connectivity index (χ4v) is 5.12. The number of aromatic nitrogens is 3. The van der Waals surface area contributed by atoms with Crippen molar-refractivity contribution >= 4 is 34.3 Å². The van der Waals surface area contributed by atoms with Crippen molar-refractivity contribution in [2.24, 2.45) is 17.4 Å². The van der Waals surface area contributed by atoms with Crippen LogP contribution in [0.1, 0.15) is 47.2 Å². The molecule has 0 radical (unpaired) electrons. The fourth-order valence-electron chi connectivity index (χ4n) is 4.83. The molecule has 0 saturated heterocycles. The number of nitrogens with one attached hydrogen (secondary N) is 2. The van der Waals surface area contributed by atoms with Gasteiger partial charge in [0.25, 0.3) is 0 Å². The van der Waals surface area contributed by atoms with Crippen LogP contribution in [-0.4, -0.2) is 31.4 Å². The van der Waals surface area contributed by atoms with Crippen LogP contribution in [0.15, 0.2) is 72.9 Å². The Morgan fingerprint density at radius 2 is 1.75 bits per heavy atom. The summed E-state index contributed by atoms with van der Waals surface area (Å²) in [6.45, 7) is 2.42. The highest BCUT2D eigenvalue weighted by Gasteiger charge is 2.21. The second-order valence-corrected chi connectivity index (χ2v) is 9.64. The molecule has 0 aliphatic rings. The summed E-state index contributed by atoms with van der Waals surface area (Å²) in [6, 6.07) is 21.9. The Morgan fingerprint density at radius 1 is 1.05 bits per heavy atom. The summed E-state index contributed by atoms with van der Waals surface area (Å²) < 4.78 is 1.69. The Kier molecular flexibility index (Phi) is 9.00. The van der Waals surface area contributed by atoms with E-state index >= 15 is 0 Å². The smallest absolute Gasteiger partial charge is 0.355 e. The van der Waals surface area contributed by atoms with Crippen LogP contribution in [0.2, 0.25) is 5.15 Å². The van der Waals surface area contributed by atoms with Crippen LogP contribution in [-0.2, 0) is 13.0 Å². The molecular weight excluding hydrogens is 526 g/mol. The van der Waals surface area contributed by atoms with Crippen LogP contribution in [0.25, 0.3) is 33.2 Å². The molecule has 9 nitrogen and oxygen atoms in total. The molecule has 10 heteroatoms. The number of nitrogen functional groups attached to an aromatic ring is 1. The van der Waals surface area contributed by atoms with Crippen LogP contribution in [0.4, 0.5) is 0 Å². The Hall–Kier alpha value is -4.44. The highest BCUT2D eigenvalue weighted by atomic mass is 35.5. The standard InChI is InChI=1S/C30H28ClN5O2.H4N2/c1-2-3-8-26-35-28(31)27(30(37)38)36(26)17-18-9-11-19(12-10-18)23-15-20(13-14-22(23)29(32)33)24-16-34-25-7-5-4-6-21(24)25;1-2/h4-7,9-16,34H,2-3,8,17H2,1H3,(H3,32,33)(H,37,38);1-2H2. The number of amidine groups is 1. The quantitative estimate of drug-likeness (QED) is 0.0600. The van der Waals surface area contributed by atoms with Gasteiger partial charge in [0.2, 0.25) is 0 Å². The van der Waals surface area contributed by atoms with Crippen molar-refractivity contribution in [3.05, 3.63) is 101 Å². The van der Waals surface area contributed by atoms with Crippen molar-refractivity contribution in [2.75, 3.05) is 0 Å². The lowest BCUT2D eigenvalue weighted by molar-refractivity contribution is 0.0685. The highest BCUT2D eigenvalue weighted by molar-refractivity contribution is 6.32. The van der Waals surface area contributed by atoms with Gasteiger partial charge in [-0.25, -0.2) is 9.78 Å². The third-order valence-electron chi connectivity index (χ3n) is 6.78. The SMILES string of the molecule is CCCCc1nc(Cl)c(C(=O)O)n1Cc1ccc(-c2cc(-c3c[nH]c4ccccc34)ccc2C(=N)N)cc1.NN. The third kappa shape index (κ3) is 5.76. The van der Waals surface area contributed by atoms with E-state index < -0.39 is 5.97 Å². The van der Waals surface area contributed by atoms with Crippen molar-refractivity contribution in [2.45, 2.75) is 32.7 Å². The number of carbonyl (C=O) groups is 1. The molecule has 9 N–H and O–H groups in total. The molecule has 0 aliphatic heterocycles. The number of benzene rings is 3. The number of aryl methyl sites for hydroxylation is 1. The number of carboxylic acids is 1. The van der Waals surface area contributed by atoms with Gasteiger partial charge in [-0.15, -0.1) is 0 Å². The summed E-state index contributed by atoms with van der Waals surface area (Å²) >= 11 is 6.19. The summed E-state index contributed by atoms with van der Waals surface area (Å²) in [6.07, 6.45) is 4.51. The number of hydrogen-bond donors (Lipinski definition) is 6. The van der Waals surface area contributed by atoms with Crippen LogP contribution in [0, 0.1) is 5.41 Å². The van der Waals surface area contributed by atoms with Gasteiger partial charge in [-0.1, -0.05) is 79.5 Å². The number of imidazole rings is 1. The lowest BCUT2D eigenvalue weighted by Crippen LogP contribution is -2.13. The molecule has 0 saturated carbocycles. The maximum absolute atomic E-state index is 11.9. The fraction of sp³-hybridized carbons (Fsp3) is 0.167. The molecule has 5 rings (SSSR count). The summed E-state index contributed by atoms with van der Waals surface area (Å²) in [5, 5.41) is 19.0. The Labute approximate surface area is 237 Å². The first-order valence-electron chi connectivity index (χ1n) is 12.8. The lowest BCUT2D eigenvalue weighted by atomic mass is 9.93. The minimum Gasteiger partial charge on any atom is -0.476 e. The van der Waals surface area contributed by atoms with Crippen LogP contribution in [0.3, 0.4) is 0 Å². The molecule has 5 aromatic rings. The van der Waals surface area contributed by atoms with E-state index in [1.54, 1.807) is 4.57 Å². The first kappa shape index (κ1) is 28.6. The molecule has 2 aromatic heterocycles. The van der Waals surface area contributed by atoms with Crippen molar-refractivity contribution in [3.63, 3.8) is 0 Å². The van der Waals surface area contributed by atoms with Gasteiger partial charge in [-0.05, 0) is 40.8 Å². The van der Waals surface area contributed by atoms with Gasteiger partial charge < -0.3 is 20.4 Å². The van der Waals surface area contributed by atoms with Gasteiger partial charge in [0.1, 0.15) is 11.7 Å². The number of aromatic amines is 1. The van der Waals surface area contributed by atoms with E-state index in [1.807, 2.05) is 60.8 Å². The molecular formula is C30H32ClN7O2. The minimum absolute atomic E-state index is 0.00530. The molecule has 0 bridgehead atoms. The van der Waals surface area contributed by atoms with E-state index in [-0.39, 0.29) is 16.7 Å². The number of para-hydroxylation sites is 1. The van der Waals surface area contributed by atoms with Gasteiger partial charge in [-0.2, -0.15) is 0 Å². The monoisotopic (exact) mass is 557 g/mol. The average molecular weight is 558 g/mol. The van der Waals surface area contributed by atoms with Gasteiger partial charge in [0.15, 0.2) is 10.8 Å².